The SMILES string of the molecule is COCCn1c(=O)n(Cc2cc(C)no2)c(=O)c2c(C3(CF)CC3)c(S(N)(=O)=O)ccc21. The fourth-order valence-corrected chi connectivity index (χ4v) is 4.90. The normalized spacial score (nSPS) is 15.4. The van der Waals surface area contributed by atoms with Crippen molar-refractivity contribution >= 4 is 20.9 Å². The van der Waals surface area contributed by atoms with Gasteiger partial charge in [-0.3, -0.25) is 18.3 Å². The lowest BCUT2D eigenvalue weighted by Crippen LogP contribution is -2.42. The summed E-state index contributed by atoms with van der Waals surface area (Å²) >= 11 is 0. The van der Waals surface area contributed by atoms with Gasteiger partial charge >= 0.3 is 5.69 Å². The summed E-state index contributed by atoms with van der Waals surface area (Å²) in [5, 5.41) is 9.14. The van der Waals surface area contributed by atoms with E-state index in [0.29, 0.717) is 18.5 Å². The van der Waals surface area contributed by atoms with Crippen LogP contribution in [0, 0.1) is 6.92 Å². The lowest BCUT2D eigenvalue weighted by Gasteiger charge is -2.21. The van der Waals surface area contributed by atoms with E-state index in [9.17, 15) is 22.4 Å². The van der Waals surface area contributed by atoms with Gasteiger partial charge in [-0.25, -0.2) is 18.4 Å². The maximum absolute atomic E-state index is 14.1. The molecule has 1 aliphatic rings. The van der Waals surface area contributed by atoms with Crippen LogP contribution in [0.25, 0.3) is 10.9 Å². The van der Waals surface area contributed by atoms with Crippen LogP contribution in [-0.2, 0) is 33.3 Å². The zero-order chi connectivity index (χ0) is 23.3. The highest BCUT2D eigenvalue weighted by molar-refractivity contribution is 7.89. The molecule has 4 rings (SSSR count). The van der Waals surface area contributed by atoms with Crippen molar-refractivity contribution in [1.29, 1.82) is 0 Å². The number of benzene rings is 1. The number of primary sulfonamides is 1. The van der Waals surface area contributed by atoms with Gasteiger partial charge in [0, 0.05) is 18.6 Å². The molecule has 1 aliphatic carbocycles. The largest absolute Gasteiger partial charge is 0.383 e. The highest BCUT2D eigenvalue weighted by atomic mass is 32.2. The Labute approximate surface area is 182 Å². The van der Waals surface area contributed by atoms with E-state index in [-0.39, 0.29) is 46.8 Å². The Morgan fingerprint density at radius 2 is 2.00 bits per heavy atom. The molecule has 2 heterocycles. The molecule has 2 N–H and O–H groups in total. The number of aryl methyl sites for hydroxylation is 1. The third-order valence-electron chi connectivity index (χ3n) is 5.81. The van der Waals surface area contributed by atoms with Crippen molar-refractivity contribution in [3.8, 4) is 0 Å². The predicted molar refractivity (Wildman–Crippen MR) is 113 cm³/mol. The fraction of sp³-hybridized carbons (Fsp3) is 0.450. The Morgan fingerprint density at radius 3 is 2.53 bits per heavy atom. The molecule has 10 nitrogen and oxygen atoms in total. The second kappa shape index (κ2) is 7.94. The fourth-order valence-electron chi connectivity index (χ4n) is 4.03. The van der Waals surface area contributed by atoms with Crippen LogP contribution in [0.5, 0.6) is 0 Å². The maximum Gasteiger partial charge on any atom is 0.331 e. The number of nitrogens with zero attached hydrogens (tertiary/aromatic N) is 3. The summed E-state index contributed by atoms with van der Waals surface area (Å²) in [4.78, 5) is 26.5. The molecule has 0 saturated heterocycles. The van der Waals surface area contributed by atoms with E-state index in [2.05, 4.69) is 5.16 Å². The van der Waals surface area contributed by atoms with E-state index < -0.39 is 33.4 Å². The number of nitrogens with two attached hydrogens (primary N) is 1. The van der Waals surface area contributed by atoms with Crippen LogP contribution in [0.1, 0.15) is 29.9 Å². The van der Waals surface area contributed by atoms with Crippen molar-refractivity contribution in [3.05, 3.63) is 56.1 Å². The molecule has 0 unspecified atom stereocenters. The van der Waals surface area contributed by atoms with Crippen LogP contribution < -0.4 is 16.4 Å². The van der Waals surface area contributed by atoms with Gasteiger partial charge in [0.15, 0.2) is 5.76 Å². The van der Waals surface area contributed by atoms with Crippen molar-refractivity contribution in [2.75, 3.05) is 20.4 Å². The zero-order valence-corrected chi connectivity index (χ0v) is 18.4. The highest BCUT2D eigenvalue weighted by Gasteiger charge is 2.49. The number of sulfonamides is 1. The minimum atomic E-state index is -4.26. The van der Waals surface area contributed by atoms with Gasteiger partial charge < -0.3 is 9.26 Å². The van der Waals surface area contributed by atoms with Crippen LogP contribution in [0.4, 0.5) is 4.39 Å². The molecule has 2 aromatic heterocycles. The summed E-state index contributed by atoms with van der Waals surface area (Å²) in [6.07, 6.45) is 0.728. The summed E-state index contributed by atoms with van der Waals surface area (Å²) < 4.78 is 51.3. The molecule has 0 bridgehead atoms. The molecule has 1 fully saturated rings. The number of alkyl halides is 1. The standard InChI is InChI=1S/C20H23FN4O6S/c1-12-9-13(31-23-12)10-25-18(26)16-14(24(19(25)27)7-8-30-2)3-4-15(32(22,28)29)17(16)20(11-21)5-6-20/h3-4,9H,5-8,10-11H2,1-2H3,(H2,22,28,29). The lowest BCUT2D eigenvalue weighted by atomic mass is 9.93. The Balaban J connectivity index is 2.12. The molecule has 12 heteroatoms. The van der Waals surface area contributed by atoms with Gasteiger partial charge in [-0.1, -0.05) is 5.16 Å². The topological polar surface area (TPSA) is 139 Å². The van der Waals surface area contributed by atoms with Crippen LogP contribution in [-0.4, -0.2) is 43.1 Å². The molecule has 0 atom stereocenters. The van der Waals surface area contributed by atoms with Gasteiger partial charge in [0.05, 0.1) is 47.9 Å². The van der Waals surface area contributed by atoms with E-state index in [1.165, 1.54) is 23.8 Å². The monoisotopic (exact) mass is 466 g/mol. The summed E-state index contributed by atoms with van der Waals surface area (Å²) in [5.74, 6) is 0.273. The third-order valence-corrected chi connectivity index (χ3v) is 6.77. The number of hydrogen-bond acceptors (Lipinski definition) is 7. The third kappa shape index (κ3) is 3.67. The molecular weight excluding hydrogens is 443 g/mol. The molecule has 1 saturated carbocycles. The molecule has 172 valence electrons. The molecule has 0 aliphatic heterocycles. The van der Waals surface area contributed by atoms with E-state index in [1.807, 2.05) is 0 Å². The quantitative estimate of drug-likeness (QED) is 0.518. The number of ether oxygens (including phenoxy) is 1. The van der Waals surface area contributed by atoms with Crippen molar-refractivity contribution < 1.29 is 22.1 Å². The smallest absolute Gasteiger partial charge is 0.331 e. The van der Waals surface area contributed by atoms with Gasteiger partial charge in [0.1, 0.15) is 0 Å². The van der Waals surface area contributed by atoms with Crippen molar-refractivity contribution in [2.24, 2.45) is 5.14 Å². The maximum atomic E-state index is 14.1. The minimum Gasteiger partial charge on any atom is -0.383 e. The summed E-state index contributed by atoms with van der Waals surface area (Å²) in [6, 6.07) is 4.17. The summed E-state index contributed by atoms with van der Waals surface area (Å²) in [5.41, 5.74) is -1.71. The van der Waals surface area contributed by atoms with Gasteiger partial charge in [0.25, 0.3) is 5.56 Å². The second-order valence-electron chi connectivity index (χ2n) is 8.04. The van der Waals surface area contributed by atoms with Gasteiger partial charge in [-0.15, -0.1) is 0 Å². The summed E-state index contributed by atoms with van der Waals surface area (Å²) in [7, 11) is -2.79. The molecule has 0 radical (unpaired) electrons. The Kier molecular flexibility index (Phi) is 5.55. The van der Waals surface area contributed by atoms with Gasteiger partial charge in [-0.2, -0.15) is 0 Å². The van der Waals surface area contributed by atoms with Crippen LogP contribution >= 0.6 is 0 Å². The minimum absolute atomic E-state index is 0.0265. The first-order valence-electron chi connectivity index (χ1n) is 9.94. The second-order valence-corrected chi connectivity index (χ2v) is 9.57. The number of methoxy groups -OCH3 is 1. The van der Waals surface area contributed by atoms with Crippen molar-refractivity contribution in [3.63, 3.8) is 0 Å². The summed E-state index contributed by atoms with van der Waals surface area (Å²) in [6.45, 7) is 0.880. The number of halogens is 1. The van der Waals surface area contributed by atoms with Gasteiger partial charge in [0.2, 0.25) is 10.0 Å². The molecule has 0 amide bonds. The molecule has 3 aromatic rings. The molecule has 1 aromatic carbocycles. The number of rotatable bonds is 8. The Bertz CT molecular complexity index is 1420. The zero-order valence-electron chi connectivity index (χ0n) is 17.6. The molecule has 0 spiro atoms. The van der Waals surface area contributed by atoms with E-state index in [4.69, 9.17) is 14.4 Å². The Hall–Kier alpha value is -2.83. The highest BCUT2D eigenvalue weighted by Crippen LogP contribution is 2.52. The van der Waals surface area contributed by atoms with Crippen LogP contribution in [0.2, 0.25) is 0 Å². The Morgan fingerprint density at radius 1 is 1.28 bits per heavy atom. The van der Waals surface area contributed by atoms with Crippen molar-refractivity contribution in [2.45, 2.75) is 43.2 Å². The van der Waals surface area contributed by atoms with E-state index in [0.717, 1.165) is 4.57 Å². The average Bonchev–Trinajstić information content (AvgIpc) is 3.44. The first-order chi connectivity index (χ1) is 15.1. The molecule has 32 heavy (non-hydrogen) atoms. The van der Waals surface area contributed by atoms with E-state index in [1.54, 1.807) is 13.0 Å². The van der Waals surface area contributed by atoms with E-state index >= 15 is 0 Å². The van der Waals surface area contributed by atoms with Crippen LogP contribution in [0.3, 0.4) is 0 Å². The first-order valence-corrected chi connectivity index (χ1v) is 11.5. The van der Waals surface area contributed by atoms with Gasteiger partial charge in [-0.05, 0) is 37.5 Å². The lowest BCUT2D eigenvalue weighted by molar-refractivity contribution is 0.186. The predicted octanol–water partition coefficient (Wildman–Crippen LogP) is 0.803. The number of fused-ring (bicyclic) bond motifs is 1. The molecular formula is C20H23FN4O6S. The number of aromatic nitrogens is 3. The average molecular weight is 466 g/mol. The van der Waals surface area contributed by atoms with Crippen LogP contribution in [0.15, 0.2) is 37.2 Å². The number of hydrogen-bond donors (Lipinski definition) is 1. The van der Waals surface area contributed by atoms with Crippen molar-refractivity contribution in [1.82, 2.24) is 14.3 Å². The first kappa shape index (κ1) is 22.4.